The van der Waals surface area contributed by atoms with Gasteiger partial charge in [0.2, 0.25) is 0 Å². The van der Waals surface area contributed by atoms with Crippen molar-refractivity contribution in [2.24, 2.45) is 0 Å². The second-order valence-electron chi connectivity index (χ2n) is 5.77. The van der Waals surface area contributed by atoms with E-state index in [1.165, 1.54) is 37.8 Å². The minimum Gasteiger partial charge on any atom is -0.491 e. The number of methoxy groups -OCH3 is 1. The van der Waals surface area contributed by atoms with Gasteiger partial charge in [0.25, 0.3) is 0 Å². The van der Waals surface area contributed by atoms with Gasteiger partial charge in [-0.25, -0.2) is 19.2 Å². The molecular formula is C19H17FN4O3. The Morgan fingerprint density at radius 1 is 1.33 bits per heavy atom. The van der Waals surface area contributed by atoms with E-state index in [4.69, 9.17) is 4.74 Å². The van der Waals surface area contributed by atoms with Crippen LogP contribution in [0, 0.1) is 0 Å². The van der Waals surface area contributed by atoms with E-state index in [2.05, 4.69) is 20.3 Å². The summed E-state index contributed by atoms with van der Waals surface area (Å²) in [4.78, 5) is 23.7. The minimum atomic E-state index is -1.14. The number of rotatable bonds is 5. The molecule has 0 spiro atoms. The van der Waals surface area contributed by atoms with E-state index < -0.39 is 11.8 Å². The minimum absolute atomic E-state index is 0.0268. The third-order valence-corrected chi connectivity index (χ3v) is 3.96. The fourth-order valence-corrected chi connectivity index (χ4v) is 2.49. The van der Waals surface area contributed by atoms with Gasteiger partial charge in [0.05, 0.1) is 19.0 Å². The van der Waals surface area contributed by atoms with Crippen molar-refractivity contribution in [3.63, 3.8) is 0 Å². The Balaban J connectivity index is 2.03. The fraction of sp³-hybridized carbons (Fsp3) is 0.158. The summed E-state index contributed by atoms with van der Waals surface area (Å²) in [7, 11) is 1.44. The highest BCUT2D eigenvalue weighted by Gasteiger charge is 2.17. The smallest absolute Gasteiger partial charge is 0.339 e. The summed E-state index contributed by atoms with van der Waals surface area (Å²) in [6, 6.07) is 1.50. The first-order valence-electron chi connectivity index (χ1n) is 8.09. The maximum Gasteiger partial charge on any atom is 0.339 e. The lowest BCUT2D eigenvalue weighted by Crippen LogP contribution is -2.07. The first-order chi connectivity index (χ1) is 13.0. The monoisotopic (exact) mass is 368 g/mol. The van der Waals surface area contributed by atoms with Crippen molar-refractivity contribution in [1.29, 1.82) is 0 Å². The molecule has 8 heteroatoms. The predicted octanol–water partition coefficient (Wildman–Crippen LogP) is 3.91. The van der Waals surface area contributed by atoms with Crippen molar-refractivity contribution in [2.75, 3.05) is 12.4 Å². The molecule has 7 nitrogen and oxygen atoms in total. The summed E-state index contributed by atoms with van der Waals surface area (Å²) in [5, 5.41) is 12.2. The lowest BCUT2D eigenvalue weighted by Gasteiger charge is -2.13. The number of hydrogen-bond donors (Lipinski definition) is 2. The van der Waals surface area contributed by atoms with Crippen LogP contribution in [0.4, 0.5) is 15.9 Å². The zero-order chi connectivity index (χ0) is 19.4. The Morgan fingerprint density at radius 2 is 2.15 bits per heavy atom. The number of carbonyl (C=O) groups is 1. The molecule has 0 fully saturated rings. The quantitative estimate of drug-likeness (QED) is 0.826. The number of aromatic carboxylic acids is 1. The van der Waals surface area contributed by atoms with Crippen LogP contribution in [-0.2, 0) is 0 Å². The van der Waals surface area contributed by atoms with Crippen LogP contribution in [0.3, 0.4) is 0 Å². The average molecular weight is 368 g/mol. The van der Waals surface area contributed by atoms with Crippen LogP contribution < -0.4 is 10.1 Å². The van der Waals surface area contributed by atoms with Gasteiger partial charge in [-0.05, 0) is 25.5 Å². The third kappa shape index (κ3) is 4.00. The first kappa shape index (κ1) is 18.2. The van der Waals surface area contributed by atoms with E-state index in [0.29, 0.717) is 17.7 Å². The zero-order valence-electron chi connectivity index (χ0n) is 14.7. The van der Waals surface area contributed by atoms with Crippen molar-refractivity contribution < 1.29 is 19.0 Å². The number of halogens is 1. The number of aromatic nitrogens is 3. The van der Waals surface area contributed by atoms with Crippen molar-refractivity contribution in [3.05, 3.63) is 65.7 Å². The molecule has 3 rings (SSSR count). The molecule has 0 radical (unpaired) electrons. The predicted molar refractivity (Wildman–Crippen MR) is 98.6 cm³/mol. The molecule has 0 saturated heterocycles. The Morgan fingerprint density at radius 3 is 2.89 bits per heavy atom. The lowest BCUT2D eigenvalue weighted by atomic mass is 10.1. The number of anilines is 2. The maximum absolute atomic E-state index is 14.4. The number of hydrogen-bond acceptors (Lipinski definition) is 6. The van der Waals surface area contributed by atoms with E-state index in [9.17, 15) is 14.3 Å². The van der Waals surface area contributed by atoms with Crippen molar-refractivity contribution in [2.45, 2.75) is 13.3 Å². The molecule has 1 aliphatic rings. The fourth-order valence-electron chi connectivity index (χ4n) is 2.49. The van der Waals surface area contributed by atoms with Gasteiger partial charge in [0, 0.05) is 18.0 Å². The van der Waals surface area contributed by atoms with E-state index in [1.54, 1.807) is 6.08 Å². The molecule has 0 unspecified atom stereocenters. The van der Waals surface area contributed by atoms with E-state index >= 15 is 0 Å². The summed E-state index contributed by atoms with van der Waals surface area (Å²) >= 11 is 0. The number of pyridine rings is 1. The van der Waals surface area contributed by atoms with Crippen LogP contribution in [0.2, 0.25) is 0 Å². The van der Waals surface area contributed by atoms with Crippen molar-refractivity contribution in [3.8, 4) is 5.75 Å². The average Bonchev–Trinajstić information content (AvgIpc) is 2.83. The molecule has 0 aliphatic heterocycles. The largest absolute Gasteiger partial charge is 0.491 e. The number of nitrogens with zero attached hydrogens (tertiary/aromatic N) is 3. The van der Waals surface area contributed by atoms with Gasteiger partial charge in [0.15, 0.2) is 17.4 Å². The second-order valence-corrected chi connectivity index (χ2v) is 5.77. The summed E-state index contributed by atoms with van der Waals surface area (Å²) in [6.07, 6.45) is 9.37. The molecule has 0 saturated carbocycles. The van der Waals surface area contributed by atoms with Gasteiger partial charge in [-0.3, -0.25) is 4.98 Å². The molecular weight excluding hydrogens is 351 g/mol. The summed E-state index contributed by atoms with van der Waals surface area (Å²) < 4.78 is 19.7. The van der Waals surface area contributed by atoms with E-state index in [0.717, 1.165) is 5.57 Å². The highest BCUT2D eigenvalue weighted by molar-refractivity contribution is 5.94. The second kappa shape index (κ2) is 7.77. The van der Waals surface area contributed by atoms with Crippen molar-refractivity contribution in [1.82, 2.24) is 15.0 Å². The third-order valence-electron chi connectivity index (χ3n) is 3.96. The topological polar surface area (TPSA) is 97.2 Å². The molecule has 0 amide bonds. The Bertz CT molecular complexity index is 983. The molecule has 1 aliphatic carbocycles. The summed E-state index contributed by atoms with van der Waals surface area (Å²) in [6.45, 7) is 1.88. The van der Waals surface area contributed by atoms with Crippen LogP contribution >= 0.6 is 0 Å². The molecule has 0 atom stereocenters. The van der Waals surface area contributed by atoms with Gasteiger partial charge in [0.1, 0.15) is 11.4 Å². The van der Waals surface area contributed by atoms with Gasteiger partial charge < -0.3 is 15.2 Å². The normalized spacial score (nSPS) is 13.8. The van der Waals surface area contributed by atoms with Crippen LogP contribution in [0.1, 0.15) is 29.5 Å². The number of carboxylic acid groups (broad SMARTS) is 1. The maximum atomic E-state index is 14.4. The molecule has 2 N–H and O–H groups in total. The number of ether oxygens (including phenoxy) is 1. The highest BCUT2D eigenvalue weighted by Crippen LogP contribution is 2.31. The summed E-state index contributed by atoms with van der Waals surface area (Å²) in [5.74, 6) is -0.844. The number of nitrogens with one attached hydrogen (secondary N) is 1. The Hall–Kier alpha value is -3.55. The van der Waals surface area contributed by atoms with Crippen molar-refractivity contribution >= 4 is 23.0 Å². The van der Waals surface area contributed by atoms with Gasteiger partial charge in [-0.1, -0.05) is 17.7 Å². The van der Waals surface area contributed by atoms with Crippen LogP contribution in [0.5, 0.6) is 5.75 Å². The molecule has 2 aromatic rings. The van der Waals surface area contributed by atoms with Crippen LogP contribution in [-0.4, -0.2) is 33.1 Å². The van der Waals surface area contributed by atoms with Gasteiger partial charge in [-0.2, -0.15) is 0 Å². The molecule has 0 aromatic carbocycles. The Labute approximate surface area is 155 Å². The van der Waals surface area contributed by atoms with Crippen LogP contribution in [0.25, 0.3) is 5.57 Å². The first-order valence-corrected chi connectivity index (χ1v) is 8.09. The number of allylic oxidation sites excluding steroid dienone is 6. The van der Waals surface area contributed by atoms with E-state index in [1.807, 2.05) is 13.0 Å². The van der Waals surface area contributed by atoms with Gasteiger partial charge in [-0.15, -0.1) is 0 Å². The molecule has 0 bridgehead atoms. The summed E-state index contributed by atoms with van der Waals surface area (Å²) in [5.41, 5.74) is 1.53. The molecule has 2 heterocycles. The SMILES string of the molecule is COc1cnc(C2=C(F)C=CC(C)=CC2)nc1Nc1ccncc1C(=O)O. The lowest BCUT2D eigenvalue weighted by molar-refractivity contribution is 0.0697. The Kier molecular flexibility index (Phi) is 5.25. The molecule has 27 heavy (non-hydrogen) atoms. The molecule has 138 valence electrons. The van der Waals surface area contributed by atoms with Gasteiger partial charge >= 0.3 is 5.97 Å². The molecule has 2 aromatic heterocycles. The van der Waals surface area contributed by atoms with Crippen LogP contribution in [0.15, 0.2) is 54.3 Å². The highest BCUT2D eigenvalue weighted by atomic mass is 19.1. The standard InChI is InChI=1S/C19H17FN4O3/c1-11-3-5-12(14(20)6-4-11)17-22-10-16(27-2)18(24-17)23-15-7-8-21-9-13(15)19(25)26/h3-4,6-10H,5H2,1-2H3,(H,25,26)(H,21,22,23,24). The van der Waals surface area contributed by atoms with E-state index in [-0.39, 0.29) is 22.9 Å². The number of carboxylic acids is 1. The zero-order valence-corrected chi connectivity index (χ0v) is 14.7.